The zero-order chi connectivity index (χ0) is 14.7. The number of non-ortho nitro benzene ring substituents is 1. The zero-order valence-electron chi connectivity index (χ0n) is 10.8. The molecule has 0 aliphatic heterocycles. The lowest BCUT2D eigenvalue weighted by molar-refractivity contribution is -0.384. The van der Waals surface area contributed by atoms with Crippen molar-refractivity contribution in [2.24, 2.45) is 0 Å². The third-order valence-corrected chi connectivity index (χ3v) is 4.03. The fraction of sp³-hybridized carbons (Fsp3) is 0.200. The van der Waals surface area contributed by atoms with Crippen molar-refractivity contribution in [2.45, 2.75) is 19.3 Å². The second-order valence-electron chi connectivity index (χ2n) is 4.67. The molecular formula is C15H13Cl2NO2. The lowest BCUT2D eigenvalue weighted by Gasteiger charge is -2.14. The van der Waals surface area contributed by atoms with Crippen LogP contribution >= 0.6 is 23.2 Å². The minimum atomic E-state index is -0.402. The van der Waals surface area contributed by atoms with Crippen LogP contribution in [0.3, 0.4) is 0 Å². The molecule has 0 saturated carbocycles. The maximum Gasteiger partial charge on any atom is 0.269 e. The Morgan fingerprint density at radius 1 is 1.15 bits per heavy atom. The van der Waals surface area contributed by atoms with Gasteiger partial charge in [0.25, 0.3) is 5.69 Å². The smallest absolute Gasteiger partial charge is 0.258 e. The second kappa shape index (κ2) is 6.25. The Labute approximate surface area is 127 Å². The Morgan fingerprint density at radius 2 is 1.80 bits per heavy atom. The number of benzene rings is 2. The van der Waals surface area contributed by atoms with Crippen LogP contribution < -0.4 is 0 Å². The number of nitrogens with zero attached hydrogens (tertiary/aromatic N) is 1. The van der Waals surface area contributed by atoms with Gasteiger partial charge in [-0.1, -0.05) is 54.4 Å². The van der Waals surface area contributed by atoms with Gasteiger partial charge < -0.3 is 0 Å². The fourth-order valence-electron chi connectivity index (χ4n) is 2.12. The quantitative estimate of drug-likeness (QED) is 0.572. The van der Waals surface area contributed by atoms with Crippen molar-refractivity contribution in [3.8, 4) is 0 Å². The molecule has 3 nitrogen and oxygen atoms in total. The van der Waals surface area contributed by atoms with Crippen LogP contribution in [-0.4, -0.2) is 4.92 Å². The van der Waals surface area contributed by atoms with Crippen molar-refractivity contribution in [1.82, 2.24) is 0 Å². The van der Waals surface area contributed by atoms with Crippen LogP contribution in [-0.2, 0) is 6.42 Å². The van der Waals surface area contributed by atoms with Gasteiger partial charge in [-0.2, -0.15) is 0 Å². The van der Waals surface area contributed by atoms with Gasteiger partial charge in [-0.05, 0) is 29.5 Å². The Hall–Kier alpha value is -1.58. The summed E-state index contributed by atoms with van der Waals surface area (Å²) in [5, 5.41) is 11.7. The van der Waals surface area contributed by atoms with Crippen molar-refractivity contribution in [1.29, 1.82) is 0 Å². The number of nitro benzene ring substituents is 1. The minimum Gasteiger partial charge on any atom is -0.258 e. The van der Waals surface area contributed by atoms with Crippen LogP contribution in [0.25, 0.3) is 0 Å². The first-order valence-electron chi connectivity index (χ1n) is 6.16. The summed E-state index contributed by atoms with van der Waals surface area (Å²) in [6, 6.07) is 12.1. The molecule has 1 atom stereocenters. The van der Waals surface area contributed by atoms with E-state index >= 15 is 0 Å². The van der Waals surface area contributed by atoms with Crippen LogP contribution in [0.1, 0.15) is 24.0 Å². The molecule has 0 radical (unpaired) electrons. The topological polar surface area (TPSA) is 43.1 Å². The maximum atomic E-state index is 10.6. The highest BCUT2D eigenvalue weighted by Gasteiger charge is 2.13. The van der Waals surface area contributed by atoms with E-state index in [0.717, 1.165) is 17.5 Å². The Kier molecular flexibility index (Phi) is 4.63. The summed E-state index contributed by atoms with van der Waals surface area (Å²) in [5.41, 5.74) is 2.11. The van der Waals surface area contributed by atoms with E-state index in [-0.39, 0.29) is 11.6 Å². The number of halogens is 2. The summed E-state index contributed by atoms with van der Waals surface area (Å²) in [6.45, 7) is 2.05. The highest BCUT2D eigenvalue weighted by molar-refractivity contribution is 6.42. The number of hydrogen-bond acceptors (Lipinski definition) is 2. The molecule has 5 heteroatoms. The summed E-state index contributed by atoms with van der Waals surface area (Å²) in [5.74, 6) is 0.183. The molecule has 2 aromatic rings. The molecule has 0 aliphatic rings. The summed E-state index contributed by atoms with van der Waals surface area (Å²) in [7, 11) is 0. The average Bonchev–Trinajstić information content (AvgIpc) is 2.42. The van der Waals surface area contributed by atoms with Crippen molar-refractivity contribution in [3.05, 3.63) is 73.8 Å². The molecule has 0 fully saturated rings. The van der Waals surface area contributed by atoms with Gasteiger partial charge in [0.15, 0.2) is 0 Å². The van der Waals surface area contributed by atoms with Crippen LogP contribution in [0.5, 0.6) is 0 Å². The van der Waals surface area contributed by atoms with Gasteiger partial charge in [-0.25, -0.2) is 0 Å². The van der Waals surface area contributed by atoms with Gasteiger partial charge in [0.2, 0.25) is 0 Å². The molecule has 20 heavy (non-hydrogen) atoms. The van der Waals surface area contributed by atoms with Crippen LogP contribution in [0.4, 0.5) is 5.69 Å². The molecule has 0 spiro atoms. The minimum absolute atomic E-state index is 0.0993. The van der Waals surface area contributed by atoms with E-state index < -0.39 is 4.92 Å². The van der Waals surface area contributed by atoms with E-state index in [9.17, 15) is 10.1 Å². The Morgan fingerprint density at radius 3 is 2.40 bits per heavy atom. The Balaban J connectivity index is 2.17. The van der Waals surface area contributed by atoms with Crippen molar-refractivity contribution in [2.75, 3.05) is 0 Å². The number of rotatable bonds is 4. The lowest BCUT2D eigenvalue weighted by Crippen LogP contribution is -2.00. The molecule has 0 aromatic heterocycles. The van der Waals surface area contributed by atoms with Gasteiger partial charge in [0.1, 0.15) is 0 Å². The molecule has 0 unspecified atom stereocenters. The maximum absolute atomic E-state index is 10.6. The van der Waals surface area contributed by atoms with Gasteiger partial charge in [-0.15, -0.1) is 0 Å². The molecule has 2 aromatic carbocycles. The predicted molar refractivity (Wildman–Crippen MR) is 81.7 cm³/mol. The first-order valence-corrected chi connectivity index (χ1v) is 6.92. The monoisotopic (exact) mass is 309 g/mol. The fourth-order valence-corrected chi connectivity index (χ4v) is 2.61. The van der Waals surface area contributed by atoms with Gasteiger partial charge in [0, 0.05) is 12.1 Å². The normalized spacial score (nSPS) is 12.2. The SMILES string of the molecule is C[C@H](Cc1ccc([N+](=O)[O-])cc1)c1cccc(Cl)c1Cl. The summed E-state index contributed by atoms with van der Waals surface area (Å²) < 4.78 is 0. The van der Waals surface area contributed by atoms with Crippen LogP contribution in [0.2, 0.25) is 10.0 Å². The second-order valence-corrected chi connectivity index (χ2v) is 5.46. The summed E-state index contributed by atoms with van der Waals surface area (Å²) >= 11 is 12.2. The average molecular weight is 310 g/mol. The van der Waals surface area contributed by atoms with Gasteiger partial charge >= 0.3 is 0 Å². The third-order valence-electron chi connectivity index (χ3n) is 3.20. The van der Waals surface area contributed by atoms with Crippen molar-refractivity contribution >= 4 is 28.9 Å². The number of hydrogen-bond donors (Lipinski definition) is 0. The Bertz CT molecular complexity index is 626. The molecule has 104 valence electrons. The van der Waals surface area contributed by atoms with E-state index in [1.807, 2.05) is 12.1 Å². The largest absolute Gasteiger partial charge is 0.269 e. The zero-order valence-corrected chi connectivity index (χ0v) is 12.4. The van der Waals surface area contributed by atoms with Gasteiger partial charge in [0.05, 0.1) is 15.0 Å². The van der Waals surface area contributed by atoms with E-state index in [0.29, 0.717) is 10.0 Å². The first kappa shape index (κ1) is 14.8. The molecule has 0 N–H and O–H groups in total. The van der Waals surface area contributed by atoms with Crippen LogP contribution in [0.15, 0.2) is 42.5 Å². The van der Waals surface area contributed by atoms with E-state index in [1.165, 1.54) is 12.1 Å². The molecule has 0 aliphatic carbocycles. The number of nitro groups is 1. The van der Waals surface area contributed by atoms with E-state index in [1.54, 1.807) is 18.2 Å². The molecule has 0 heterocycles. The van der Waals surface area contributed by atoms with Crippen LogP contribution in [0, 0.1) is 10.1 Å². The highest BCUT2D eigenvalue weighted by Crippen LogP contribution is 2.32. The molecule has 0 saturated heterocycles. The predicted octanol–water partition coefficient (Wildman–Crippen LogP) is 5.25. The molecule has 0 bridgehead atoms. The standard InChI is InChI=1S/C15H13Cl2NO2/c1-10(13-3-2-4-14(16)15(13)17)9-11-5-7-12(8-6-11)18(19)20/h2-8,10H,9H2,1H3/t10-/m1/s1. The lowest BCUT2D eigenvalue weighted by atomic mass is 9.93. The summed E-state index contributed by atoms with van der Waals surface area (Å²) in [6.07, 6.45) is 0.748. The van der Waals surface area contributed by atoms with Crippen molar-refractivity contribution < 1.29 is 4.92 Å². The first-order chi connectivity index (χ1) is 9.49. The molecular weight excluding hydrogens is 297 g/mol. The molecule has 0 amide bonds. The van der Waals surface area contributed by atoms with Gasteiger partial charge in [-0.3, -0.25) is 10.1 Å². The molecule has 2 rings (SSSR count). The van der Waals surface area contributed by atoms with E-state index in [2.05, 4.69) is 6.92 Å². The van der Waals surface area contributed by atoms with Crippen molar-refractivity contribution in [3.63, 3.8) is 0 Å². The summed E-state index contributed by atoms with van der Waals surface area (Å²) in [4.78, 5) is 10.2. The van der Waals surface area contributed by atoms with E-state index in [4.69, 9.17) is 23.2 Å². The highest BCUT2D eigenvalue weighted by atomic mass is 35.5. The third kappa shape index (κ3) is 3.30.